The van der Waals surface area contributed by atoms with Crippen LogP contribution in [0, 0.1) is 11.3 Å². The lowest BCUT2D eigenvalue weighted by Gasteiger charge is -2.11. The molecule has 140 valence electrons. The van der Waals surface area contributed by atoms with Crippen LogP contribution in [0.5, 0.6) is 0 Å². The van der Waals surface area contributed by atoms with Crippen LogP contribution in [0.4, 0.5) is 5.69 Å². The van der Waals surface area contributed by atoms with Gasteiger partial charge in [0.25, 0.3) is 0 Å². The molecule has 0 heterocycles. The SMILES string of the molecule is CC1CC1NC(=O)Cc1ccc(-c2cc(NC(=N)N)ccc2C(=O)O)cc1. The van der Waals surface area contributed by atoms with Crippen molar-refractivity contribution < 1.29 is 14.7 Å². The van der Waals surface area contributed by atoms with Crippen molar-refractivity contribution in [2.45, 2.75) is 25.8 Å². The number of amides is 1. The molecular weight excluding hydrogens is 344 g/mol. The van der Waals surface area contributed by atoms with E-state index in [-0.39, 0.29) is 17.4 Å². The van der Waals surface area contributed by atoms with Crippen LogP contribution in [0.25, 0.3) is 11.1 Å². The smallest absolute Gasteiger partial charge is 0.336 e. The number of carbonyl (C=O) groups is 2. The van der Waals surface area contributed by atoms with Gasteiger partial charge < -0.3 is 21.5 Å². The summed E-state index contributed by atoms with van der Waals surface area (Å²) in [4.78, 5) is 23.6. The summed E-state index contributed by atoms with van der Waals surface area (Å²) in [6.07, 6.45) is 1.33. The Kier molecular flexibility index (Phi) is 5.12. The van der Waals surface area contributed by atoms with E-state index in [0.717, 1.165) is 12.0 Å². The van der Waals surface area contributed by atoms with Crippen LogP contribution in [0.1, 0.15) is 29.3 Å². The summed E-state index contributed by atoms with van der Waals surface area (Å²) in [6, 6.07) is 12.2. The van der Waals surface area contributed by atoms with Gasteiger partial charge in [0.05, 0.1) is 12.0 Å². The standard InChI is InChI=1S/C20H22N4O3/c1-11-8-17(11)24-18(25)9-12-2-4-13(5-3-12)16-10-14(23-20(21)22)6-7-15(16)19(26)27/h2-7,10-11,17H,8-9H2,1H3,(H,24,25)(H,26,27)(H4,21,22,23). The second-order valence-corrected chi connectivity index (χ2v) is 6.86. The first kappa shape index (κ1) is 18.4. The maximum atomic E-state index is 12.0. The van der Waals surface area contributed by atoms with Gasteiger partial charge in [-0.15, -0.1) is 0 Å². The molecule has 27 heavy (non-hydrogen) atoms. The molecule has 1 saturated carbocycles. The van der Waals surface area contributed by atoms with E-state index < -0.39 is 5.97 Å². The zero-order chi connectivity index (χ0) is 19.6. The molecule has 3 rings (SSSR count). The average molecular weight is 366 g/mol. The van der Waals surface area contributed by atoms with Gasteiger partial charge in [-0.2, -0.15) is 0 Å². The molecule has 1 aliphatic rings. The Hall–Kier alpha value is -3.35. The van der Waals surface area contributed by atoms with E-state index in [1.165, 1.54) is 6.07 Å². The number of hydrogen-bond acceptors (Lipinski definition) is 3. The molecule has 2 unspecified atom stereocenters. The molecule has 0 saturated heterocycles. The number of hydrogen-bond donors (Lipinski definition) is 5. The Morgan fingerprint density at radius 2 is 1.89 bits per heavy atom. The molecule has 2 atom stereocenters. The van der Waals surface area contributed by atoms with Crippen LogP contribution in [0.3, 0.4) is 0 Å². The number of carbonyl (C=O) groups excluding carboxylic acids is 1. The van der Waals surface area contributed by atoms with Gasteiger partial charge >= 0.3 is 5.97 Å². The van der Waals surface area contributed by atoms with Gasteiger partial charge in [0.2, 0.25) is 5.91 Å². The Balaban J connectivity index is 1.79. The molecule has 0 aliphatic heterocycles. The molecule has 6 N–H and O–H groups in total. The molecule has 0 radical (unpaired) electrons. The van der Waals surface area contributed by atoms with Crippen molar-refractivity contribution in [1.29, 1.82) is 5.41 Å². The summed E-state index contributed by atoms with van der Waals surface area (Å²) in [6.45, 7) is 2.11. The highest BCUT2D eigenvalue weighted by Crippen LogP contribution is 2.29. The second kappa shape index (κ2) is 7.49. The molecule has 0 aromatic heterocycles. The maximum absolute atomic E-state index is 12.0. The molecule has 1 fully saturated rings. The van der Waals surface area contributed by atoms with E-state index in [1.54, 1.807) is 24.3 Å². The van der Waals surface area contributed by atoms with Crippen molar-refractivity contribution in [1.82, 2.24) is 5.32 Å². The van der Waals surface area contributed by atoms with Crippen molar-refractivity contribution in [2.75, 3.05) is 5.32 Å². The summed E-state index contributed by atoms with van der Waals surface area (Å²) in [5.74, 6) is -0.714. The molecular formula is C20H22N4O3. The zero-order valence-electron chi connectivity index (χ0n) is 15.0. The third-order valence-corrected chi connectivity index (χ3v) is 4.61. The number of benzene rings is 2. The van der Waals surface area contributed by atoms with Crippen molar-refractivity contribution in [3.05, 3.63) is 53.6 Å². The topological polar surface area (TPSA) is 128 Å². The van der Waals surface area contributed by atoms with Crippen molar-refractivity contribution >= 4 is 23.5 Å². The number of nitrogens with one attached hydrogen (secondary N) is 3. The molecule has 7 heteroatoms. The Morgan fingerprint density at radius 3 is 2.44 bits per heavy atom. The first-order valence-electron chi connectivity index (χ1n) is 8.70. The summed E-state index contributed by atoms with van der Waals surface area (Å²) in [7, 11) is 0. The number of aromatic carboxylic acids is 1. The normalized spacial score (nSPS) is 17.8. The van der Waals surface area contributed by atoms with Gasteiger partial charge in [-0.1, -0.05) is 31.2 Å². The minimum Gasteiger partial charge on any atom is -0.478 e. The maximum Gasteiger partial charge on any atom is 0.336 e. The van der Waals surface area contributed by atoms with Crippen LogP contribution >= 0.6 is 0 Å². The molecule has 1 amide bonds. The van der Waals surface area contributed by atoms with Gasteiger partial charge in [0.1, 0.15) is 0 Å². The van der Waals surface area contributed by atoms with E-state index in [9.17, 15) is 14.7 Å². The van der Waals surface area contributed by atoms with E-state index in [2.05, 4.69) is 17.6 Å². The fraction of sp³-hybridized carbons (Fsp3) is 0.250. The summed E-state index contributed by atoms with van der Waals surface area (Å²) >= 11 is 0. The highest BCUT2D eigenvalue weighted by atomic mass is 16.4. The minimum absolute atomic E-state index is 0.00372. The number of nitrogens with two attached hydrogens (primary N) is 1. The predicted octanol–water partition coefficient (Wildman–Crippen LogP) is 2.42. The van der Waals surface area contributed by atoms with Crippen LogP contribution < -0.4 is 16.4 Å². The molecule has 0 spiro atoms. The van der Waals surface area contributed by atoms with Gasteiger partial charge in [-0.3, -0.25) is 10.2 Å². The third-order valence-electron chi connectivity index (χ3n) is 4.61. The number of carboxylic acids is 1. The number of anilines is 1. The lowest BCUT2D eigenvalue weighted by Crippen LogP contribution is -2.28. The van der Waals surface area contributed by atoms with Crippen LogP contribution in [0.2, 0.25) is 0 Å². The van der Waals surface area contributed by atoms with E-state index in [4.69, 9.17) is 11.1 Å². The van der Waals surface area contributed by atoms with Crippen LogP contribution in [-0.4, -0.2) is 29.0 Å². The number of guanidine groups is 1. The minimum atomic E-state index is -1.04. The number of rotatable bonds is 6. The monoisotopic (exact) mass is 366 g/mol. The molecule has 0 bridgehead atoms. The van der Waals surface area contributed by atoms with Crippen molar-refractivity contribution in [3.8, 4) is 11.1 Å². The van der Waals surface area contributed by atoms with E-state index >= 15 is 0 Å². The second-order valence-electron chi connectivity index (χ2n) is 6.86. The summed E-state index contributed by atoms with van der Waals surface area (Å²) < 4.78 is 0. The Morgan fingerprint density at radius 1 is 1.22 bits per heavy atom. The fourth-order valence-electron chi connectivity index (χ4n) is 2.97. The Bertz CT molecular complexity index is 893. The van der Waals surface area contributed by atoms with Crippen LogP contribution in [-0.2, 0) is 11.2 Å². The van der Waals surface area contributed by atoms with Crippen LogP contribution in [0.15, 0.2) is 42.5 Å². The highest BCUT2D eigenvalue weighted by Gasteiger charge is 2.33. The van der Waals surface area contributed by atoms with Crippen molar-refractivity contribution in [3.63, 3.8) is 0 Å². The average Bonchev–Trinajstić information content (AvgIpc) is 3.29. The van der Waals surface area contributed by atoms with Crippen molar-refractivity contribution in [2.24, 2.45) is 11.7 Å². The van der Waals surface area contributed by atoms with E-state index in [1.807, 2.05) is 12.1 Å². The molecule has 1 aliphatic carbocycles. The summed E-state index contributed by atoms with van der Waals surface area (Å²) in [5.41, 5.74) is 8.10. The van der Waals surface area contributed by atoms with Gasteiger partial charge in [0, 0.05) is 11.7 Å². The molecule has 2 aromatic carbocycles. The lowest BCUT2D eigenvalue weighted by atomic mass is 9.97. The first-order chi connectivity index (χ1) is 12.8. The number of carboxylic acid groups (broad SMARTS) is 1. The van der Waals surface area contributed by atoms with Gasteiger partial charge in [-0.05, 0) is 47.2 Å². The third kappa shape index (κ3) is 4.63. The molecule has 7 nitrogen and oxygen atoms in total. The fourth-order valence-corrected chi connectivity index (χ4v) is 2.97. The predicted molar refractivity (Wildman–Crippen MR) is 104 cm³/mol. The lowest BCUT2D eigenvalue weighted by molar-refractivity contribution is -0.120. The Labute approximate surface area is 157 Å². The quantitative estimate of drug-likeness (QED) is 0.396. The summed E-state index contributed by atoms with van der Waals surface area (Å²) in [5, 5.41) is 22.4. The largest absolute Gasteiger partial charge is 0.478 e. The van der Waals surface area contributed by atoms with Gasteiger partial charge in [-0.25, -0.2) is 4.79 Å². The van der Waals surface area contributed by atoms with Gasteiger partial charge in [0.15, 0.2) is 5.96 Å². The first-order valence-corrected chi connectivity index (χ1v) is 8.70. The zero-order valence-corrected chi connectivity index (χ0v) is 15.0. The molecule has 2 aromatic rings. The van der Waals surface area contributed by atoms with E-state index in [0.29, 0.717) is 35.2 Å². The highest BCUT2D eigenvalue weighted by molar-refractivity contribution is 5.98.